The summed E-state index contributed by atoms with van der Waals surface area (Å²) >= 11 is 12.2. The molecule has 1 heterocycles. The Labute approximate surface area is 211 Å². The Morgan fingerprint density at radius 2 is 1.59 bits per heavy atom. The van der Waals surface area contributed by atoms with Gasteiger partial charge in [0.2, 0.25) is 5.91 Å². The third-order valence-corrected chi connectivity index (χ3v) is 7.05. The highest BCUT2D eigenvalue weighted by Crippen LogP contribution is 2.28. The smallest absolute Gasteiger partial charge is 0.242 e. The van der Waals surface area contributed by atoms with E-state index in [1.807, 2.05) is 53.4 Å². The van der Waals surface area contributed by atoms with Crippen LogP contribution in [0.25, 0.3) is 0 Å². The molecule has 1 aliphatic rings. The number of hydrogen-bond acceptors (Lipinski definition) is 3. The summed E-state index contributed by atoms with van der Waals surface area (Å²) in [5, 5.41) is 4.42. The molecule has 4 rings (SSSR count). The van der Waals surface area contributed by atoms with Gasteiger partial charge < -0.3 is 9.64 Å². The summed E-state index contributed by atoms with van der Waals surface area (Å²) in [6.45, 7) is 2.77. The second-order valence-electron chi connectivity index (χ2n) is 8.69. The van der Waals surface area contributed by atoms with Gasteiger partial charge in [0.25, 0.3) is 0 Å². The Kier molecular flexibility index (Phi) is 9.00. The highest BCUT2D eigenvalue weighted by atomic mass is 35.5. The van der Waals surface area contributed by atoms with Crippen LogP contribution in [0.2, 0.25) is 10.0 Å². The Balaban J connectivity index is 1.37. The van der Waals surface area contributed by atoms with E-state index < -0.39 is 6.04 Å². The average Bonchev–Trinajstić information content (AvgIpc) is 2.89. The van der Waals surface area contributed by atoms with Crippen LogP contribution in [0.5, 0.6) is 0 Å². The quantitative estimate of drug-likeness (QED) is 0.390. The molecular weight excluding hydrogens is 467 g/mol. The number of hydrogen-bond donors (Lipinski definition) is 1. The van der Waals surface area contributed by atoms with Crippen molar-refractivity contribution in [3.8, 4) is 0 Å². The molecule has 34 heavy (non-hydrogen) atoms. The molecule has 1 fully saturated rings. The molecule has 0 unspecified atom stereocenters. The number of carbonyl (C=O) groups excluding carboxylic acids is 1. The van der Waals surface area contributed by atoms with Crippen LogP contribution in [-0.4, -0.2) is 36.5 Å². The molecule has 3 aromatic rings. The SMILES string of the molecule is O=C([C@H](COCc1ccccc1)NCc1ccc(Cl)c(Cl)c1)N1CCC(c2ccccc2)CC1. The lowest BCUT2D eigenvalue weighted by molar-refractivity contribution is -0.136. The van der Waals surface area contributed by atoms with Crippen molar-refractivity contribution in [2.75, 3.05) is 19.7 Å². The number of benzene rings is 3. The number of likely N-dealkylation sites (tertiary alicyclic amines) is 1. The molecule has 1 amide bonds. The number of nitrogens with zero attached hydrogens (tertiary/aromatic N) is 1. The fraction of sp³-hybridized carbons (Fsp3) is 0.321. The Morgan fingerprint density at radius 1 is 0.912 bits per heavy atom. The number of carbonyl (C=O) groups is 1. The molecule has 0 aliphatic carbocycles. The maximum Gasteiger partial charge on any atom is 0.242 e. The van der Waals surface area contributed by atoms with Crippen molar-refractivity contribution in [2.45, 2.75) is 38.0 Å². The van der Waals surface area contributed by atoms with Gasteiger partial charge in [0.15, 0.2) is 0 Å². The van der Waals surface area contributed by atoms with Crippen molar-refractivity contribution in [2.24, 2.45) is 0 Å². The molecule has 0 bridgehead atoms. The molecule has 4 nitrogen and oxygen atoms in total. The van der Waals surface area contributed by atoms with Gasteiger partial charge in [-0.05, 0) is 47.6 Å². The molecule has 1 saturated heterocycles. The zero-order valence-corrected chi connectivity index (χ0v) is 20.6. The van der Waals surface area contributed by atoms with Crippen LogP contribution < -0.4 is 5.32 Å². The van der Waals surface area contributed by atoms with Gasteiger partial charge in [-0.1, -0.05) is 89.9 Å². The number of nitrogens with one attached hydrogen (secondary N) is 1. The minimum absolute atomic E-state index is 0.0830. The van der Waals surface area contributed by atoms with E-state index >= 15 is 0 Å². The summed E-state index contributed by atoms with van der Waals surface area (Å²) in [5.41, 5.74) is 3.41. The number of piperidine rings is 1. The molecule has 0 spiro atoms. The molecule has 0 radical (unpaired) electrons. The largest absolute Gasteiger partial charge is 0.375 e. The van der Waals surface area contributed by atoms with Crippen LogP contribution >= 0.6 is 23.2 Å². The summed E-state index contributed by atoms with van der Waals surface area (Å²) in [5.74, 6) is 0.585. The number of rotatable bonds is 9. The second-order valence-corrected chi connectivity index (χ2v) is 9.51. The van der Waals surface area contributed by atoms with Gasteiger partial charge in [0.05, 0.1) is 23.3 Å². The first-order valence-electron chi connectivity index (χ1n) is 11.7. The lowest BCUT2D eigenvalue weighted by atomic mass is 9.89. The van der Waals surface area contributed by atoms with E-state index in [0.717, 1.165) is 37.1 Å². The van der Waals surface area contributed by atoms with Crippen LogP contribution in [0, 0.1) is 0 Å². The van der Waals surface area contributed by atoms with Crippen LogP contribution in [-0.2, 0) is 22.7 Å². The standard InChI is InChI=1S/C28H30Cl2N2O2/c29-25-12-11-22(17-26(25)30)18-31-27(20-34-19-21-7-3-1-4-8-21)28(33)32-15-13-24(14-16-32)23-9-5-2-6-10-23/h1-12,17,24,27,31H,13-16,18-20H2/t27-/m0/s1. The summed E-state index contributed by atoms with van der Waals surface area (Å²) in [4.78, 5) is 15.4. The summed E-state index contributed by atoms with van der Waals surface area (Å²) in [7, 11) is 0. The molecular formula is C28H30Cl2N2O2. The molecule has 3 aromatic carbocycles. The van der Waals surface area contributed by atoms with Gasteiger partial charge >= 0.3 is 0 Å². The first-order valence-corrected chi connectivity index (χ1v) is 12.5. The van der Waals surface area contributed by atoms with Crippen molar-refractivity contribution in [1.82, 2.24) is 10.2 Å². The van der Waals surface area contributed by atoms with Gasteiger partial charge in [-0.25, -0.2) is 0 Å². The van der Waals surface area contributed by atoms with E-state index in [1.165, 1.54) is 5.56 Å². The highest BCUT2D eigenvalue weighted by molar-refractivity contribution is 6.42. The maximum atomic E-state index is 13.5. The molecule has 1 N–H and O–H groups in total. The van der Waals surface area contributed by atoms with Crippen molar-refractivity contribution in [3.05, 3.63) is 106 Å². The van der Waals surface area contributed by atoms with Crippen LogP contribution in [0.3, 0.4) is 0 Å². The Morgan fingerprint density at radius 3 is 2.26 bits per heavy atom. The van der Waals surface area contributed by atoms with Crippen LogP contribution in [0.1, 0.15) is 35.4 Å². The maximum absolute atomic E-state index is 13.5. The van der Waals surface area contributed by atoms with Crippen LogP contribution in [0.15, 0.2) is 78.9 Å². The Bertz CT molecular complexity index is 1050. The number of amides is 1. The lowest BCUT2D eigenvalue weighted by Gasteiger charge is -2.34. The third kappa shape index (κ3) is 6.83. The van der Waals surface area contributed by atoms with Gasteiger partial charge in [-0.3, -0.25) is 10.1 Å². The van der Waals surface area contributed by atoms with Crippen LogP contribution in [0.4, 0.5) is 0 Å². The van der Waals surface area contributed by atoms with Crippen molar-refractivity contribution in [3.63, 3.8) is 0 Å². The predicted molar refractivity (Wildman–Crippen MR) is 138 cm³/mol. The second kappa shape index (κ2) is 12.4. The van der Waals surface area contributed by atoms with Crippen molar-refractivity contribution < 1.29 is 9.53 Å². The fourth-order valence-electron chi connectivity index (χ4n) is 4.36. The summed E-state index contributed by atoms with van der Waals surface area (Å²) in [6.07, 6.45) is 1.94. The zero-order chi connectivity index (χ0) is 23.8. The fourth-order valence-corrected chi connectivity index (χ4v) is 4.68. The number of ether oxygens (including phenoxy) is 1. The Hall–Kier alpha value is -2.37. The summed E-state index contributed by atoms with van der Waals surface area (Å²) in [6, 6.07) is 25.7. The van der Waals surface area contributed by atoms with Gasteiger partial charge in [-0.2, -0.15) is 0 Å². The third-order valence-electron chi connectivity index (χ3n) is 6.31. The molecule has 1 aliphatic heterocycles. The molecule has 0 saturated carbocycles. The molecule has 6 heteroatoms. The zero-order valence-electron chi connectivity index (χ0n) is 19.1. The molecule has 0 aromatic heterocycles. The molecule has 1 atom stereocenters. The summed E-state index contributed by atoms with van der Waals surface area (Å²) < 4.78 is 5.96. The normalized spacial score (nSPS) is 15.3. The topological polar surface area (TPSA) is 41.6 Å². The first-order chi connectivity index (χ1) is 16.6. The number of halogens is 2. The minimum atomic E-state index is -0.438. The minimum Gasteiger partial charge on any atom is -0.375 e. The van der Waals surface area contributed by atoms with E-state index in [1.54, 1.807) is 6.07 Å². The van der Waals surface area contributed by atoms with Gasteiger partial charge in [0.1, 0.15) is 6.04 Å². The highest BCUT2D eigenvalue weighted by Gasteiger charge is 2.29. The predicted octanol–water partition coefficient (Wildman–Crippen LogP) is 6.07. The van der Waals surface area contributed by atoms with E-state index in [9.17, 15) is 4.79 Å². The lowest BCUT2D eigenvalue weighted by Crippen LogP contribution is -2.50. The monoisotopic (exact) mass is 496 g/mol. The average molecular weight is 497 g/mol. The van der Waals surface area contributed by atoms with E-state index in [-0.39, 0.29) is 5.91 Å². The van der Waals surface area contributed by atoms with Crippen molar-refractivity contribution >= 4 is 29.1 Å². The van der Waals surface area contributed by atoms with Gasteiger partial charge in [-0.15, -0.1) is 0 Å². The van der Waals surface area contributed by atoms with E-state index in [2.05, 4.69) is 29.6 Å². The molecule has 178 valence electrons. The van der Waals surface area contributed by atoms with E-state index in [4.69, 9.17) is 27.9 Å². The van der Waals surface area contributed by atoms with Gasteiger partial charge in [0, 0.05) is 19.6 Å². The van der Waals surface area contributed by atoms with E-state index in [0.29, 0.717) is 35.7 Å². The van der Waals surface area contributed by atoms with Crippen molar-refractivity contribution in [1.29, 1.82) is 0 Å². The first kappa shape index (κ1) is 24.7.